The van der Waals surface area contributed by atoms with Crippen LogP contribution < -0.4 is 15.4 Å². The molecule has 1 aromatic rings. The van der Waals surface area contributed by atoms with Crippen molar-refractivity contribution in [3.05, 3.63) is 41.4 Å². The van der Waals surface area contributed by atoms with E-state index in [9.17, 15) is 13.2 Å². The molecule has 2 aliphatic rings. The van der Waals surface area contributed by atoms with E-state index in [1.807, 2.05) is 6.08 Å². The molecule has 1 aromatic carbocycles. The van der Waals surface area contributed by atoms with E-state index in [0.717, 1.165) is 43.0 Å². The molecule has 5 nitrogen and oxygen atoms in total. The third-order valence-corrected chi connectivity index (χ3v) is 4.34. The highest BCUT2D eigenvalue weighted by Crippen LogP contribution is 2.36. The second-order valence-electron chi connectivity index (χ2n) is 6.03. The van der Waals surface area contributed by atoms with E-state index < -0.39 is 12.1 Å². The number of alkyl halides is 3. The Labute approximate surface area is 143 Å². The predicted octanol–water partition coefficient (Wildman–Crippen LogP) is 3.65. The first-order chi connectivity index (χ1) is 11.9. The number of piperidine rings is 1. The quantitative estimate of drug-likeness (QED) is 0.847. The van der Waals surface area contributed by atoms with Gasteiger partial charge < -0.3 is 15.4 Å². The number of halogens is 3. The fourth-order valence-corrected chi connectivity index (χ4v) is 3.15. The number of hydrogen-bond donors (Lipinski definition) is 1. The molecule has 0 saturated carbocycles. The maximum Gasteiger partial charge on any atom is 0.571 e. The van der Waals surface area contributed by atoms with Gasteiger partial charge in [0.1, 0.15) is 5.75 Å². The summed E-state index contributed by atoms with van der Waals surface area (Å²) < 4.78 is 41.0. The van der Waals surface area contributed by atoms with E-state index in [-0.39, 0.29) is 5.69 Å². The smallest absolute Gasteiger partial charge is 0.418 e. The number of hydrogen-bond acceptors (Lipinski definition) is 4. The average Bonchev–Trinajstić information content (AvgIpc) is 3.00. The van der Waals surface area contributed by atoms with Gasteiger partial charge in [0.2, 0.25) is 5.69 Å². The van der Waals surface area contributed by atoms with Gasteiger partial charge in [-0.1, -0.05) is 0 Å². The molecule has 0 bridgehead atoms. The van der Waals surface area contributed by atoms with Crippen molar-refractivity contribution in [2.75, 3.05) is 24.5 Å². The Kier molecular flexibility index (Phi) is 4.57. The topological polar surface area (TPSA) is 55.2 Å². The molecule has 2 heterocycles. The van der Waals surface area contributed by atoms with Crippen molar-refractivity contribution < 1.29 is 17.9 Å². The summed E-state index contributed by atoms with van der Waals surface area (Å²) in [6.45, 7) is 9.14. The molecule has 0 aromatic heterocycles. The summed E-state index contributed by atoms with van der Waals surface area (Å²) in [5, 5.41) is 0. The van der Waals surface area contributed by atoms with Crippen LogP contribution >= 0.6 is 0 Å². The number of anilines is 1. The molecule has 1 saturated heterocycles. The summed E-state index contributed by atoms with van der Waals surface area (Å²) in [7, 11) is 0. The van der Waals surface area contributed by atoms with Gasteiger partial charge in [-0.3, -0.25) is 4.99 Å². The fraction of sp³-hybridized carbons (Fsp3) is 0.412. The predicted molar refractivity (Wildman–Crippen MR) is 88.9 cm³/mol. The number of aliphatic imine (C=N–C) groups is 1. The van der Waals surface area contributed by atoms with Crippen molar-refractivity contribution in [3.63, 3.8) is 0 Å². The summed E-state index contributed by atoms with van der Waals surface area (Å²) in [4.78, 5) is 9.64. The molecular weight excluding hydrogens is 333 g/mol. The normalized spacial score (nSPS) is 18.6. The zero-order chi connectivity index (χ0) is 18.0. The lowest BCUT2D eigenvalue weighted by Gasteiger charge is -2.33. The third-order valence-electron chi connectivity index (χ3n) is 4.34. The highest BCUT2D eigenvalue weighted by molar-refractivity contribution is 5.99. The standard InChI is InChI=1S/C17H17F3N4O/c1-22-15-9-13(2-3-16(15)25-17(18,19)20)24-6-4-11(5-7-24)14-8-12(21)10-23-14/h2-3,8-9,11H,4-7,10,21H2. The number of nitrogens with two attached hydrogens (primary N) is 1. The Morgan fingerprint density at radius 2 is 2.00 bits per heavy atom. The first-order valence-corrected chi connectivity index (χ1v) is 7.88. The fourth-order valence-electron chi connectivity index (χ4n) is 3.15. The van der Waals surface area contributed by atoms with Crippen molar-refractivity contribution in [3.8, 4) is 5.75 Å². The van der Waals surface area contributed by atoms with Gasteiger partial charge in [0.25, 0.3) is 0 Å². The first kappa shape index (κ1) is 17.1. The third kappa shape index (κ3) is 4.05. The van der Waals surface area contributed by atoms with E-state index in [0.29, 0.717) is 12.5 Å². The summed E-state index contributed by atoms with van der Waals surface area (Å²) in [5.41, 5.74) is 8.15. The maximum absolute atomic E-state index is 12.4. The molecule has 0 amide bonds. The van der Waals surface area contributed by atoms with Crippen LogP contribution in [0.1, 0.15) is 12.8 Å². The van der Waals surface area contributed by atoms with Gasteiger partial charge in [-0.15, -0.1) is 13.2 Å². The van der Waals surface area contributed by atoms with Gasteiger partial charge in [-0.25, -0.2) is 4.85 Å². The van der Waals surface area contributed by atoms with Crippen LogP contribution in [0.2, 0.25) is 0 Å². The van der Waals surface area contributed by atoms with Crippen LogP contribution in [0.5, 0.6) is 5.75 Å². The largest absolute Gasteiger partial charge is 0.571 e. The number of benzene rings is 1. The molecule has 0 atom stereocenters. The van der Waals surface area contributed by atoms with Gasteiger partial charge >= 0.3 is 6.36 Å². The molecule has 1 fully saturated rings. The number of ether oxygens (including phenoxy) is 1. The number of rotatable bonds is 3. The minimum absolute atomic E-state index is 0.146. The summed E-state index contributed by atoms with van der Waals surface area (Å²) in [5.74, 6) is -0.118. The summed E-state index contributed by atoms with van der Waals surface area (Å²) in [6, 6.07) is 4.20. The van der Waals surface area contributed by atoms with Crippen molar-refractivity contribution in [1.82, 2.24) is 0 Å². The molecule has 0 aliphatic carbocycles. The van der Waals surface area contributed by atoms with Crippen LogP contribution in [0.3, 0.4) is 0 Å². The Bertz CT molecular complexity index is 756. The Balaban J connectivity index is 1.68. The van der Waals surface area contributed by atoms with Crippen LogP contribution in [0.25, 0.3) is 4.85 Å². The summed E-state index contributed by atoms with van der Waals surface area (Å²) >= 11 is 0. The van der Waals surface area contributed by atoms with Crippen molar-refractivity contribution in [2.24, 2.45) is 16.6 Å². The molecular formula is C17H17F3N4O. The molecule has 25 heavy (non-hydrogen) atoms. The van der Waals surface area contributed by atoms with E-state index >= 15 is 0 Å². The molecule has 0 unspecified atom stereocenters. The zero-order valence-electron chi connectivity index (χ0n) is 13.4. The number of allylic oxidation sites excluding steroid dienone is 1. The van der Waals surface area contributed by atoms with Crippen LogP contribution in [-0.2, 0) is 0 Å². The molecule has 2 N–H and O–H groups in total. The van der Waals surface area contributed by atoms with Gasteiger partial charge in [0.05, 0.1) is 13.1 Å². The molecule has 132 valence electrons. The Morgan fingerprint density at radius 3 is 2.56 bits per heavy atom. The molecule has 3 rings (SSSR count). The van der Waals surface area contributed by atoms with Crippen LogP contribution in [0.15, 0.2) is 35.0 Å². The number of nitrogens with zero attached hydrogens (tertiary/aromatic N) is 3. The van der Waals surface area contributed by atoms with E-state index in [4.69, 9.17) is 12.3 Å². The highest BCUT2D eigenvalue weighted by atomic mass is 19.4. The lowest BCUT2D eigenvalue weighted by Crippen LogP contribution is -2.35. The lowest BCUT2D eigenvalue weighted by molar-refractivity contribution is -0.274. The molecule has 0 radical (unpaired) electrons. The van der Waals surface area contributed by atoms with E-state index in [2.05, 4.69) is 19.5 Å². The van der Waals surface area contributed by atoms with Gasteiger partial charge in [-0.2, -0.15) is 0 Å². The zero-order valence-corrected chi connectivity index (χ0v) is 13.4. The molecule has 2 aliphatic heterocycles. The summed E-state index contributed by atoms with van der Waals surface area (Å²) in [6.07, 6.45) is -1.11. The Hall–Kier alpha value is -2.69. The van der Waals surface area contributed by atoms with Crippen molar-refractivity contribution >= 4 is 17.1 Å². The molecule has 0 spiro atoms. The second kappa shape index (κ2) is 6.67. The molecule has 8 heteroatoms. The first-order valence-electron chi connectivity index (χ1n) is 7.88. The highest BCUT2D eigenvalue weighted by Gasteiger charge is 2.32. The van der Waals surface area contributed by atoms with Gasteiger partial charge in [-0.05, 0) is 37.1 Å². The minimum Gasteiger partial charge on any atom is -0.418 e. The maximum atomic E-state index is 12.4. The van der Waals surface area contributed by atoms with Gasteiger partial charge in [0.15, 0.2) is 0 Å². The van der Waals surface area contributed by atoms with Crippen LogP contribution in [-0.4, -0.2) is 31.7 Å². The average molecular weight is 350 g/mol. The minimum atomic E-state index is -4.81. The van der Waals surface area contributed by atoms with Gasteiger partial charge in [0, 0.05) is 36.1 Å². The van der Waals surface area contributed by atoms with E-state index in [1.165, 1.54) is 12.1 Å². The van der Waals surface area contributed by atoms with Crippen LogP contribution in [0.4, 0.5) is 24.5 Å². The van der Waals surface area contributed by atoms with E-state index in [1.54, 1.807) is 6.07 Å². The van der Waals surface area contributed by atoms with Crippen LogP contribution in [0, 0.1) is 12.5 Å². The monoisotopic (exact) mass is 350 g/mol. The van der Waals surface area contributed by atoms with Crippen molar-refractivity contribution in [2.45, 2.75) is 19.2 Å². The Morgan fingerprint density at radius 1 is 1.28 bits per heavy atom. The second-order valence-corrected chi connectivity index (χ2v) is 6.03. The van der Waals surface area contributed by atoms with Crippen molar-refractivity contribution in [1.29, 1.82) is 0 Å². The SMILES string of the molecule is [C-]#[N+]c1cc(N2CCC(C3=NCC(N)=C3)CC2)ccc1OC(F)(F)F. The lowest BCUT2D eigenvalue weighted by atomic mass is 9.91.